The Morgan fingerprint density at radius 1 is 0.769 bits per heavy atom. The predicted octanol–water partition coefficient (Wildman–Crippen LogP) is 4.18. The van der Waals surface area contributed by atoms with Crippen molar-refractivity contribution in [2.75, 3.05) is 7.11 Å². The molecule has 0 aromatic heterocycles. The van der Waals surface area contributed by atoms with Crippen molar-refractivity contribution in [3.63, 3.8) is 0 Å². The minimum absolute atomic E-state index is 0.0701. The lowest BCUT2D eigenvalue weighted by atomic mass is 9.92. The maximum absolute atomic E-state index is 6.30. The largest absolute Gasteiger partial charge is 0.370 e. The third-order valence-corrected chi connectivity index (χ3v) is 4.89. The van der Waals surface area contributed by atoms with Crippen molar-refractivity contribution in [3.8, 4) is 0 Å². The van der Waals surface area contributed by atoms with Crippen LogP contribution in [-0.4, -0.2) is 31.7 Å². The molecule has 3 rings (SSSR count). The van der Waals surface area contributed by atoms with E-state index in [0.29, 0.717) is 13.2 Å². The Morgan fingerprint density at radius 3 is 1.77 bits per heavy atom. The van der Waals surface area contributed by atoms with Gasteiger partial charge >= 0.3 is 0 Å². The minimum Gasteiger partial charge on any atom is -0.370 e. The molecule has 0 saturated carbocycles. The maximum atomic E-state index is 6.30. The third kappa shape index (κ3) is 4.71. The fourth-order valence-corrected chi connectivity index (χ4v) is 3.41. The van der Waals surface area contributed by atoms with Crippen molar-refractivity contribution in [1.29, 1.82) is 0 Å². The van der Waals surface area contributed by atoms with Crippen molar-refractivity contribution in [3.05, 3.63) is 71.8 Å². The van der Waals surface area contributed by atoms with Gasteiger partial charge in [-0.15, -0.1) is 0 Å². The topological polar surface area (TPSA) is 36.9 Å². The normalized spacial score (nSPS) is 28.8. The van der Waals surface area contributed by atoms with E-state index < -0.39 is 0 Å². The molecule has 1 aliphatic rings. The lowest BCUT2D eigenvalue weighted by Gasteiger charge is -2.43. The van der Waals surface area contributed by atoms with Crippen LogP contribution >= 0.6 is 0 Å². The summed E-state index contributed by atoms with van der Waals surface area (Å²) in [6, 6.07) is 20.4. The van der Waals surface area contributed by atoms with Crippen LogP contribution in [0.25, 0.3) is 0 Å². The van der Waals surface area contributed by atoms with Gasteiger partial charge in [-0.1, -0.05) is 67.6 Å². The zero-order valence-corrected chi connectivity index (χ0v) is 15.7. The predicted molar refractivity (Wildman–Crippen MR) is 101 cm³/mol. The van der Waals surface area contributed by atoms with Gasteiger partial charge in [-0.05, 0) is 18.1 Å². The summed E-state index contributed by atoms with van der Waals surface area (Å²) in [6.45, 7) is 5.19. The van der Waals surface area contributed by atoms with Crippen LogP contribution in [0.1, 0.15) is 25.0 Å². The Balaban J connectivity index is 1.69. The van der Waals surface area contributed by atoms with Gasteiger partial charge in [-0.2, -0.15) is 0 Å². The first kappa shape index (κ1) is 19.1. The van der Waals surface area contributed by atoms with Crippen LogP contribution in [-0.2, 0) is 32.2 Å². The Morgan fingerprint density at radius 2 is 1.27 bits per heavy atom. The molecular weight excluding hydrogens is 328 g/mol. The molecule has 1 aliphatic heterocycles. The second kappa shape index (κ2) is 9.28. The van der Waals surface area contributed by atoms with E-state index >= 15 is 0 Å². The monoisotopic (exact) mass is 356 g/mol. The molecule has 0 N–H and O–H groups in total. The van der Waals surface area contributed by atoms with Crippen molar-refractivity contribution in [2.24, 2.45) is 5.92 Å². The number of hydrogen-bond acceptors (Lipinski definition) is 4. The molecular formula is C22H28O4. The minimum atomic E-state index is -0.289. The summed E-state index contributed by atoms with van der Waals surface area (Å²) in [5.41, 5.74) is 2.29. The highest BCUT2D eigenvalue weighted by molar-refractivity contribution is 5.14. The van der Waals surface area contributed by atoms with Crippen LogP contribution < -0.4 is 0 Å². The molecule has 0 spiro atoms. The molecule has 0 aliphatic carbocycles. The standard InChI is InChI=1S/C22H28O4/c1-16-20(24-14-18-10-6-4-7-11-18)21(17(2)26-22(16)23-3)25-15-19-12-8-5-9-13-19/h4-13,16-17,20-22H,14-15H2,1-3H3/t16-,17+,20+,21+,22+/m1/s1. The zero-order valence-electron chi connectivity index (χ0n) is 15.7. The van der Waals surface area contributed by atoms with Crippen molar-refractivity contribution < 1.29 is 18.9 Å². The molecule has 0 radical (unpaired) electrons. The van der Waals surface area contributed by atoms with Crippen molar-refractivity contribution in [2.45, 2.75) is 51.7 Å². The molecule has 2 aromatic carbocycles. The maximum Gasteiger partial charge on any atom is 0.162 e. The smallest absolute Gasteiger partial charge is 0.162 e. The number of methoxy groups -OCH3 is 1. The molecule has 0 unspecified atom stereocenters. The summed E-state index contributed by atoms with van der Waals surface area (Å²) in [7, 11) is 1.67. The Labute approximate surface area is 156 Å². The Bertz CT molecular complexity index is 646. The molecule has 5 atom stereocenters. The van der Waals surface area contributed by atoms with Gasteiger partial charge in [0.2, 0.25) is 0 Å². The van der Waals surface area contributed by atoms with Gasteiger partial charge in [-0.25, -0.2) is 0 Å². The fourth-order valence-electron chi connectivity index (χ4n) is 3.41. The summed E-state index contributed by atoms with van der Waals surface area (Å²) in [4.78, 5) is 0. The van der Waals surface area contributed by atoms with Gasteiger partial charge in [0.1, 0.15) is 6.10 Å². The second-order valence-electron chi connectivity index (χ2n) is 6.83. The van der Waals surface area contributed by atoms with Crippen molar-refractivity contribution in [1.82, 2.24) is 0 Å². The van der Waals surface area contributed by atoms with E-state index in [9.17, 15) is 0 Å². The van der Waals surface area contributed by atoms with Gasteiger partial charge in [0.15, 0.2) is 6.29 Å². The van der Waals surface area contributed by atoms with E-state index in [4.69, 9.17) is 18.9 Å². The van der Waals surface area contributed by atoms with Crippen LogP contribution in [0.2, 0.25) is 0 Å². The van der Waals surface area contributed by atoms with E-state index in [2.05, 4.69) is 31.2 Å². The fraction of sp³-hybridized carbons (Fsp3) is 0.455. The van der Waals surface area contributed by atoms with Crippen LogP contribution in [0, 0.1) is 5.92 Å². The summed E-state index contributed by atoms with van der Waals surface area (Å²) in [5.74, 6) is 0.0701. The van der Waals surface area contributed by atoms with Gasteiger partial charge in [0.25, 0.3) is 0 Å². The van der Waals surface area contributed by atoms with Crippen LogP contribution in [0.3, 0.4) is 0 Å². The Kier molecular flexibility index (Phi) is 6.80. The van der Waals surface area contributed by atoms with Gasteiger partial charge in [0, 0.05) is 13.0 Å². The Hall–Kier alpha value is -1.72. The summed E-state index contributed by atoms with van der Waals surface area (Å²) >= 11 is 0. The number of benzene rings is 2. The molecule has 2 aromatic rings. The summed E-state index contributed by atoms with van der Waals surface area (Å²) in [5, 5.41) is 0. The molecule has 26 heavy (non-hydrogen) atoms. The van der Waals surface area contributed by atoms with Crippen LogP contribution in [0.4, 0.5) is 0 Å². The third-order valence-electron chi connectivity index (χ3n) is 4.89. The van der Waals surface area contributed by atoms with E-state index in [0.717, 1.165) is 11.1 Å². The lowest BCUT2D eigenvalue weighted by molar-refractivity contribution is -0.285. The molecule has 1 saturated heterocycles. The molecule has 0 amide bonds. The van der Waals surface area contributed by atoms with E-state index in [-0.39, 0.29) is 30.5 Å². The summed E-state index contributed by atoms with van der Waals surface area (Å²) < 4.78 is 24.1. The molecule has 0 bridgehead atoms. The SMILES string of the molecule is CO[C@H]1O[C@@H](C)[C@H](OCc2ccccc2)[C@@H](OCc2ccccc2)[C@H]1C. The van der Waals surface area contributed by atoms with Gasteiger partial charge in [-0.3, -0.25) is 0 Å². The highest BCUT2D eigenvalue weighted by atomic mass is 16.7. The molecule has 140 valence electrons. The van der Waals surface area contributed by atoms with Crippen LogP contribution in [0.15, 0.2) is 60.7 Å². The average molecular weight is 356 g/mol. The van der Waals surface area contributed by atoms with Gasteiger partial charge in [0.05, 0.1) is 25.4 Å². The van der Waals surface area contributed by atoms with E-state index in [1.54, 1.807) is 7.11 Å². The summed E-state index contributed by atoms with van der Waals surface area (Å²) in [6.07, 6.45) is -0.657. The zero-order chi connectivity index (χ0) is 18.4. The quantitative estimate of drug-likeness (QED) is 0.746. The van der Waals surface area contributed by atoms with Gasteiger partial charge < -0.3 is 18.9 Å². The molecule has 4 heteroatoms. The van der Waals surface area contributed by atoms with Crippen molar-refractivity contribution >= 4 is 0 Å². The first-order valence-electron chi connectivity index (χ1n) is 9.18. The number of ether oxygens (including phenoxy) is 4. The van der Waals surface area contributed by atoms with Crippen LogP contribution in [0.5, 0.6) is 0 Å². The molecule has 1 fully saturated rings. The number of hydrogen-bond donors (Lipinski definition) is 0. The first-order valence-corrected chi connectivity index (χ1v) is 9.18. The van der Waals surface area contributed by atoms with E-state index in [1.807, 2.05) is 43.3 Å². The average Bonchev–Trinajstić information content (AvgIpc) is 2.69. The lowest BCUT2D eigenvalue weighted by Crippen LogP contribution is -2.55. The first-order chi connectivity index (χ1) is 12.7. The second-order valence-corrected chi connectivity index (χ2v) is 6.83. The molecule has 4 nitrogen and oxygen atoms in total. The van der Waals surface area contributed by atoms with E-state index in [1.165, 1.54) is 0 Å². The number of rotatable bonds is 7. The highest BCUT2D eigenvalue weighted by Crippen LogP contribution is 2.31. The highest BCUT2D eigenvalue weighted by Gasteiger charge is 2.43. The molecule has 1 heterocycles.